The Morgan fingerprint density at radius 3 is 2.12 bits per heavy atom. The van der Waals surface area contributed by atoms with Crippen molar-refractivity contribution >= 4 is 47.1 Å². The predicted molar refractivity (Wildman–Crippen MR) is 192 cm³/mol. The molecule has 0 atom stereocenters. The number of para-hydroxylation sites is 1. The summed E-state index contributed by atoms with van der Waals surface area (Å²) >= 11 is 0. The molecular formula is C39H39ClF2N4O3. The summed E-state index contributed by atoms with van der Waals surface area (Å²) in [4.78, 5) is 45.5. The van der Waals surface area contributed by atoms with E-state index in [1.54, 1.807) is 66.5 Å². The molecule has 1 fully saturated rings. The van der Waals surface area contributed by atoms with Crippen LogP contribution in [0.3, 0.4) is 0 Å². The number of alkyl halides is 2. The third-order valence-corrected chi connectivity index (χ3v) is 9.27. The van der Waals surface area contributed by atoms with Gasteiger partial charge in [-0.2, -0.15) is 0 Å². The second-order valence-corrected chi connectivity index (χ2v) is 12.4. The molecule has 2 heterocycles. The van der Waals surface area contributed by atoms with Crippen LogP contribution in [0.25, 0.3) is 16.7 Å². The molecule has 1 N–H and O–H groups in total. The molecule has 0 unspecified atom stereocenters. The molecule has 0 bridgehead atoms. The molecule has 49 heavy (non-hydrogen) atoms. The van der Waals surface area contributed by atoms with E-state index in [9.17, 15) is 14.4 Å². The Morgan fingerprint density at radius 1 is 0.816 bits per heavy atom. The summed E-state index contributed by atoms with van der Waals surface area (Å²) in [6, 6.07) is 29.8. The summed E-state index contributed by atoms with van der Waals surface area (Å²) in [5.41, 5.74) is 3.07. The Balaban J connectivity index is 0.00000468. The Kier molecular flexibility index (Phi) is 11.0. The van der Waals surface area contributed by atoms with Crippen LogP contribution in [0, 0.1) is 0 Å². The van der Waals surface area contributed by atoms with Crippen molar-refractivity contribution in [1.29, 1.82) is 0 Å². The molecule has 7 nitrogen and oxygen atoms in total. The third-order valence-electron chi connectivity index (χ3n) is 9.27. The molecule has 254 valence electrons. The van der Waals surface area contributed by atoms with Crippen molar-refractivity contribution in [1.82, 2.24) is 9.80 Å². The van der Waals surface area contributed by atoms with Gasteiger partial charge in [0.25, 0.3) is 17.7 Å². The quantitative estimate of drug-likeness (QED) is 0.212. The number of halogens is 3. The van der Waals surface area contributed by atoms with E-state index in [1.807, 2.05) is 49.5 Å². The van der Waals surface area contributed by atoms with Gasteiger partial charge in [0, 0.05) is 60.1 Å². The number of allylic oxidation sites excluding steroid dienone is 1. The Bertz CT molecular complexity index is 1840. The molecule has 6 rings (SSSR count). The van der Waals surface area contributed by atoms with Crippen molar-refractivity contribution in [2.45, 2.75) is 31.2 Å². The number of likely N-dealkylation sites (tertiary alicyclic amines) is 1. The zero-order valence-electron chi connectivity index (χ0n) is 27.4. The third kappa shape index (κ3) is 7.74. The van der Waals surface area contributed by atoms with E-state index in [1.165, 1.54) is 11.0 Å². The first-order valence-corrected chi connectivity index (χ1v) is 16.1. The number of rotatable bonds is 6. The van der Waals surface area contributed by atoms with Gasteiger partial charge in [0.05, 0.1) is 5.69 Å². The van der Waals surface area contributed by atoms with Crippen LogP contribution in [0.4, 0.5) is 20.2 Å². The molecule has 1 saturated heterocycles. The molecule has 2 aliphatic rings. The number of carbonyl (C=O) groups excluding carboxylic acids is 3. The molecule has 4 aromatic rings. The van der Waals surface area contributed by atoms with Crippen LogP contribution in [0.1, 0.15) is 45.5 Å². The first kappa shape index (κ1) is 35.4. The highest BCUT2D eigenvalue weighted by molar-refractivity contribution is 6.11. The van der Waals surface area contributed by atoms with Crippen molar-refractivity contribution in [3.05, 3.63) is 126 Å². The fourth-order valence-corrected chi connectivity index (χ4v) is 6.42. The number of likely N-dealkylation sites (N-methyl/N-ethyl adjacent to an activating group) is 1. The van der Waals surface area contributed by atoms with Crippen LogP contribution in [0.5, 0.6) is 0 Å². The first-order valence-electron chi connectivity index (χ1n) is 16.1. The number of nitrogens with one attached hydrogen (secondary N) is 1. The number of anilines is 2. The lowest BCUT2D eigenvalue weighted by Gasteiger charge is -2.34. The Labute approximate surface area is 291 Å². The van der Waals surface area contributed by atoms with Crippen molar-refractivity contribution in [3.8, 4) is 11.1 Å². The Morgan fingerprint density at radius 2 is 1.43 bits per heavy atom. The van der Waals surface area contributed by atoms with Gasteiger partial charge < -0.3 is 20.0 Å². The lowest BCUT2D eigenvalue weighted by atomic mass is 9.96. The van der Waals surface area contributed by atoms with Gasteiger partial charge in [-0.1, -0.05) is 66.7 Å². The second kappa shape index (κ2) is 15.1. The minimum atomic E-state index is -3.33. The van der Waals surface area contributed by atoms with Crippen molar-refractivity contribution in [3.63, 3.8) is 0 Å². The first-order chi connectivity index (χ1) is 23.1. The summed E-state index contributed by atoms with van der Waals surface area (Å²) in [7, 11) is 3.69. The van der Waals surface area contributed by atoms with Gasteiger partial charge in [0.1, 0.15) is 0 Å². The highest BCUT2D eigenvalue weighted by atomic mass is 35.5. The molecule has 0 spiro atoms. The molecule has 3 amide bonds. The summed E-state index contributed by atoms with van der Waals surface area (Å²) in [6.45, 7) is 1.43. The summed E-state index contributed by atoms with van der Waals surface area (Å²) < 4.78 is 31.6. The van der Waals surface area contributed by atoms with Crippen LogP contribution in [0.2, 0.25) is 0 Å². The monoisotopic (exact) mass is 684 g/mol. The zero-order valence-corrected chi connectivity index (χ0v) is 28.3. The summed E-state index contributed by atoms with van der Waals surface area (Å²) in [5, 5.41) is 2.90. The van der Waals surface area contributed by atoms with Crippen molar-refractivity contribution in [2.24, 2.45) is 0 Å². The van der Waals surface area contributed by atoms with E-state index in [4.69, 9.17) is 0 Å². The number of carbonyl (C=O) groups is 3. The van der Waals surface area contributed by atoms with Crippen LogP contribution in [-0.2, 0) is 4.79 Å². The molecule has 10 heteroatoms. The van der Waals surface area contributed by atoms with Gasteiger partial charge >= 0.3 is 0 Å². The molecule has 4 aromatic carbocycles. The lowest BCUT2D eigenvalue weighted by Crippen LogP contribution is -2.44. The van der Waals surface area contributed by atoms with E-state index in [0.29, 0.717) is 16.9 Å². The maximum atomic E-state index is 15.8. The van der Waals surface area contributed by atoms with Crippen LogP contribution >= 0.6 is 12.4 Å². The standard InChI is InChI=1S/C39H38F2N4O3.ClH/c1-43-23-20-30(21-24-43)44(2)36(46)26-34-33-14-8-9-15-35(33)45(25-22-39(34,40)41)38(48)28-16-18-29(19-17-28)42-37(47)32-13-7-6-12-31(32)27-10-4-3-5-11-27;/h3-19,26,30H,20-25H2,1-2H3,(H,42,47);1H. The molecule has 0 aromatic heterocycles. The number of hydrogen-bond acceptors (Lipinski definition) is 4. The number of piperidine rings is 1. The molecule has 2 aliphatic heterocycles. The molecule has 0 aliphatic carbocycles. The number of hydrogen-bond donors (Lipinski definition) is 1. The van der Waals surface area contributed by atoms with Crippen LogP contribution in [0.15, 0.2) is 109 Å². The SMILES string of the molecule is CN1CCC(N(C)C(=O)C=C2c3ccccc3N(C(=O)c3ccc(NC(=O)c4ccccc4-c4ccccc4)cc3)CCC2(F)F)CC1.Cl. The van der Waals surface area contributed by atoms with E-state index in [0.717, 1.165) is 43.1 Å². The van der Waals surface area contributed by atoms with Gasteiger partial charge in [0.2, 0.25) is 5.91 Å². The fourth-order valence-electron chi connectivity index (χ4n) is 6.42. The number of benzene rings is 4. The molecule has 0 saturated carbocycles. The van der Waals surface area contributed by atoms with E-state index < -0.39 is 24.2 Å². The van der Waals surface area contributed by atoms with Gasteiger partial charge in [-0.05, 0) is 80.5 Å². The minimum absolute atomic E-state index is 0. The van der Waals surface area contributed by atoms with Crippen molar-refractivity contribution < 1.29 is 23.2 Å². The predicted octanol–water partition coefficient (Wildman–Crippen LogP) is 7.65. The number of amides is 3. The van der Waals surface area contributed by atoms with E-state index in [2.05, 4.69) is 10.2 Å². The summed E-state index contributed by atoms with van der Waals surface area (Å²) in [5.74, 6) is -4.56. The number of fused-ring (bicyclic) bond motifs is 1. The average Bonchev–Trinajstić information content (AvgIpc) is 3.22. The van der Waals surface area contributed by atoms with Gasteiger partial charge in [0.15, 0.2) is 0 Å². The Hall–Kier alpha value is -4.86. The van der Waals surface area contributed by atoms with Gasteiger partial charge in [-0.15, -0.1) is 12.4 Å². The topological polar surface area (TPSA) is 73.0 Å². The number of nitrogens with zero attached hydrogens (tertiary/aromatic N) is 3. The largest absolute Gasteiger partial charge is 0.339 e. The normalized spacial score (nSPS) is 17.0. The average molecular weight is 685 g/mol. The van der Waals surface area contributed by atoms with Crippen LogP contribution < -0.4 is 10.2 Å². The second-order valence-electron chi connectivity index (χ2n) is 12.4. The van der Waals surface area contributed by atoms with E-state index in [-0.39, 0.29) is 47.6 Å². The lowest BCUT2D eigenvalue weighted by molar-refractivity contribution is -0.127. The minimum Gasteiger partial charge on any atom is -0.339 e. The summed E-state index contributed by atoms with van der Waals surface area (Å²) in [6.07, 6.45) is 1.97. The maximum Gasteiger partial charge on any atom is 0.275 e. The molecular weight excluding hydrogens is 646 g/mol. The molecule has 0 radical (unpaired) electrons. The van der Waals surface area contributed by atoms with E-state index >= 15 is 8.78 Å². The van der Waals surface area contributed by atoms with Crippen LogP contribution in [-0.4, -0.2) is 73.2 Å². The maximum absolute atomic E-state index is 15.8. The fraction of sp³-hybridized carbons (Fsp3) is 0.256. The zero-order chi connectivity index (χ0) is 33.8. The van der Waals surface area contributed by atoms with Gasteiger partial charge in [-0.3, -0.25) is 14.4 Å². The van der Waals surface area contributed by atoms with Gasteiger partial charge in [-0.25, -0.2) is 8.78 Å². The highest BCUT2D eigenvalue weighted by Gasteiger charge is 2.42. The highest BCUT2D eigenvalue weighted by Crippen LogP contribution is 2.43. The van der Waals surface area contributed by atoms with Crippen molar-refractivity contribution in [2.75, 3.05) is 43.9 Å². The smallest absolute Gasteiger partial charge is 0.275 e.